The van der Waals surface area contributed by atoms with Crippen molar-refractivity contribution in [2.75, 3.05) is 11.9 Å². The standard InChI is InChI=1S/C23H17N3O2/c1-25-22(28)26(20-14-8-9-17(15-20)16-24)21(27)23(25,18-10-4-2-5-11-18)19-12-6-3-7-13-19/h2-15H,1H3. The Morgan fingerprint density at radius 2 is 1.39 bits per heavy atom. The molecule has 3 amide bonds. The molecule has 3 aromatic rings. The van der Waals surface area contributed by atoms with E-state index in [4.69, 9.17) is 0 Å². The lowest BCUT2D eigenvalue weighted by Crippen LogP contribution is -2.46. The van der Waals surface area contributed by atoms with Crippen LogP contribution in [0.2, 0.25) is 0 Å². The average Bonchev–Trinajstić information content (AvgIpc) is 2.95. The van der Waals surface area contributed by atoms with E-state index in [1.807, 2.05) is 60.7 Å². The minimum atomic E-state index is -1.28. The summed E-state index contributed by atoms with van der Waals surface area (Å²) in [6.45, 7) is 0. The Morgan fingerprint density at radius 3 is 1.93 bits per heavy atom. The van der Waals surface area contributed by atoms with E-state index >= 15 is 0 Å². The number of urea groups is 1. The molecule has 0 unspecified atom stereocenters. The Morgan fingerprint density at radius 1 is 0.821 bits per heavy atom. The molecule has 1 fully saturated rings. The zero-order chi connectivity index (χ0) is 19.7. The fraction of sp³-hybridized carbons (Fsp3) is 0.0870. The van der Waals surface area contributed by atoms with E-state index < -0.39 is 11.6 Å². The molecular formula is C23H17N3O2. The summed E-state index contributed by atoms with van der Waals surface area (Å²) in [5, 5.41) is 9.20. The van der Waals surface area contributed by atoms with Crippen LogP contribution < -0.4 is 4.90 Å². The van der Waals surface area contributed by atoms with Crippen LogP contribution in [0.25, 0.3) is 0 Å². The maximum Gasteiger partial charge on any atom is 0.332 e. The van der Waals surface area contributed by atoms with E-state index in [0.29, 0.717) is 22.4 Å². The van der Waals surface area contributed by atoms with Crippen LogP contribution in [0, 0.1) is 11.3 Å². The van der Waals surface area contributed by atoms with Gasteiger partial charge in [-0.1, -0.05) is 66.7 Å². The van der Waals surface area contributed by atoms with Crippen molar-refractivity contribution in [1.82, 2.24) is 4.90 Å². The smallest absolute Gasteiger partial charge is 0.304 e. The number of hydrogen-bond donors (Lipinski definition) is 0. The highest BCUT2D eigenvalue weighted by Gasteiger charge is 2.58. The van der Waals surface area contributed by atoms with Crippen molar-refractivity contribution < 1.29 is 9.59 Å². The number of benzene rings is 3. The first kappa shape index (κ1) is 17.5. The summed E-state index contributed by atoms with van der Waals surface area (Å²) >= 11 is 0. The van der Waals surface area contributed by atoms with Gasteiger partial charge < -0.3 is 4.90 Å². The molecular weight excluding hydrogens is 350 g/mol. The SMILES string of the molecule is CN1C(=O)N(c2cccc(C#N)c2)C(=O)C1(c1ccccc1)c1ccccc1. The third-order valence-electron chi connectivity index (χ3n) is 5.11. The molecule has 3 aromatic carbocycles. The lowest BCUT2D eigenvalue weighted by Gasteiger charge is -2.33. The minimum absolute atomic E-state index is 0.368. The number of carbonyl (C=O) groups excluding carboxylic acids is 2. The van der Waals surface area contributed by atoms with Crippen LogP contribution in [0.4, 0.5) is 10.5 Å². The lowest BCUT2D eigenvalue weighted by atomic mass is 9.81. The lowest BCUT2D eigenvalue weighted by molar-refractivity contribution is -0.123. The van der Waals surface area contributed by atoms with Gasteiger partial charge in [0, 0.05) is 7.05 Å². The Bertz CT molecular complexity index is 1050. The van der Waals surface area contributed by atoms with Gasteiger partial charge in [0.2, 0.25) is 0 Å². The maximum absolute atomic E-state index is 13.8. The molecule has 0 atom stereocenters. The molecule has 0 aliphatic carbocycles. The van der Waals surface area contributed by atoms with Gasteiger partial charge in [0.15, 0.2) is 5.54 Å². The number of nitrogens with zero attached hydrogens (tertiary/aromatic N) is 3. The second-order valence-corrected chi connectivity index (χ2v) is 6.59. The van der Waals surface area contributed by atoms with Crippen molar-refractivity contribution in [3.8, 4) is 6.07 Å². The van der Waals surface area contributed by atoms with Gasteiger partial charge in [-0.3, -0.25) is 4.79 Å². The topological polar surface area (TPSA) is 64.4 Å². The molecule has 4 rings (SSSR count). The summed E-state index contributed by atoms with van der Waals surface area (Å²) < 4.78 is 0. The molecule has 28 heavy (non-hydrogen) atoms. The zero-order valence-corrected chi connectivity index (χ0v) is 15.2. The first-order chi connectivity index (χ1) is 13.6. The maximum atomic E-state index is 13.8. The van der Waals surface area contributed by atoms with Gasteiger partial charge in [0.25, 0.3) is 5.91 Å². The third kappa shape index (κ3) is 2.39. The predicted octanol–water partition coefficient (Wildman–Crippen LogP) is 3.90. The Balaban J connectivity index is 1.96. The Labute approximate surface area is 163 Å². The average molecular weight is 367 g/mol. The number of imide groups is 1. The quantitative estimate of drug-likeness (QED) is 0.660. The van der Waals surface area contributed by atoms with Crippen LogP contribution in [0.1, 0.15) is 16.7 Å². The van der Waals surface area contributed by atoms with Gasteiger partial charge in [-0.25, -0.2) is 9.69 Å². The van der Waals surface area contributed by atoms with Crippen LogP contribution in [-0.2, 0) is 10.3 Å². The second kappa shape index (κ2) is 6.67. The molecule has 0 spiro atoms. The molecule has 0 N–H and O–H groups in total. The van der Waals surface area contributed by atoms with Crippen LogP contribution in [-0.4, -0.2) is 23.9 Å². The highest BCUT2D eigenvalue weighted by molar-refractivity contribution is 6.24. The zero-order valence-electron chi connectivity index (χ0n) is 15.2. The highest BCUT2D eigenvalue weighted by atomic mass is 16.2. The van der Waals surface area contributed by atoms with Crippen LogP contribution >= 0.6 is 0 Å². The fourth-order valence-corrected chi connectivity index (χ4v) is 3.79. The second-order valence-electron chi connectivity index (χ2n) is 6.59. The molecule has 0 radical (unpaired) electrons. The molecule has 1 saturated heterocycles. The molecule has 0 aromatic heterocycles. The summed E-state index contributed by atoms with van der Waals surface area (Å²) in [6, 6.07) is 26.7. The molecule has 136 valence electrons. The summed E-state index contributed by atoms with van der Waals surface area (Å²) in [5.74, 6) is -0.368. The van der Waals surface area contributed by atoms with Gasteiger partial charge in [0.1, 0.15) is 0 Å². The first-order valence-electron chi connectivity index (χ1n) is 8.84. The van der Waals surface area contributed by atoms with Crippen LogP contribution in [0.5, 0.6) is 0 Å². The minimum Gasteiger partial charge on any atom is -0.304 e. The Kier molecular flexibility index (Phi) is 4.17. The van der Waals surface area contributed by atoms with E-state index in [1.165, 1.54) is 4.90 Å². The van der Waals surface area contributed by atoms with Gasteiger partial charge in [-0.05, 0) is 29.3 Å². The van der Waals surface area contributed by atoms with Crippen molar-refractivity contribution in [3.05, 3.63) is 102 Å². The molecule has 5 heteroatoms. The number of nitriles is 1. The largest absolute Gasteiger partial charge is 0.332 e. The van der Waals surface area contributed by atoms with E-state index in [2.05, 4.69) is 6.07 Å². The number of carbonyl (C=O) groups is 2. The van der Waals surface area contributed by atoms with Gasteiger partial charge in [-0.2, -0.15) is 5.26 Å². The predicted molar refractivity (Wildman–Crippen MR) is 105 cm³/mol. The molecule has 1 heterocycles. The van der Waals surface area contributed by atoms with E-state index in [9.17, 15) is 14.9 Å². The van der Waals surface area contributed by atoms with E-state index in [0.717, 1.165) is 4.90 Å². The first-order valence-corrected chi connectivity index (χ1v) is 8.84. The van der Waals surface area contributed by atoms with Gasteiger partial charge in [0.05, 0.1) is 17.3 Å². The van der Waals surface area contributed by atoms with Gasteiger partial charge in [-0.15, -0.1) is 0 Å². The number of rotatable bonds is 3. The summed E-state index contributed by atoms with van der Waals surface area (Å²) in [6.07, 6.45) is 0. The van der Waals surface area contributed by atoms with Crippen molar-refractivity contribution in [2.24, 2.45) is 0 Å². The normalized spacial score (nSPS) is 15.6. The van der Waals surface area contributed by atoms with Crippen molar-refractivity contribution >= 4 is 17.6 Å². The molecule has 0 bridgehead atoms. The van der Waals surface area contributed by atoms with Crippen molar-refractivity contribution in [3.63, 3.8) is 0 Å². The monoisotopic (exact) mass is 367 g/mol. The molecule has 0 saturated carbocycles. The summed E-state index contributed by atoms with van der Waals surface area (Å²) in [7, 11) is 1.63. The number of anilines is 1. The number of amides is 3. The van der Waals surface area contributed by atoms with Crippen LogP contribution in [0.15, 0.2) is 84.9 Å². The van der Waals surface area contributed by atoms with E-state index in [-0.39, 0.29) is 5.91 Å². The molecule has 1 aliphatic rings. The fourth-order valence-electron chi connectivity index (χ4n) is 3.79. The van der Waals surface area contributed by atoms with Crippen molar-refractivity contribution in [1.29, 1.82) is 5.26 Å². The highest BCUT2D eigenvalue weighted by Crippen LogP contribution is 2.43. The number of likely N-dealkylation sites (N-methyl/N-ethyl adjacent to an activating group) is 1. The number of hydrogen-bond acceptors (Lipinski definition) is 3. The Hall–Kier alpha value is -3.91. The molecule has 5 nitrogen and oxygen atoms in total. The summed E-state index contributed by atoms with van der Waals surface area (Å²) in [4.78, 5) is 29.7. The van der Waals surface area contributed by atoms with Gasteiger partial charge >= 0.3 is 6.03 Å². The van der Waals surface area contributed by atoms with Crippen molar-refractivity contribution in [2.45, 2.75) is 5.54 Å². The van der Waals surface area contributed by atoms with E-state index in [1.54, 1.807) is 31.3 Å². The molecule has 1 aliphatic heterocycles. The third-order valence-corrected chi connectivity index (χ3v) is 5.11. The van der Waals surface area contributed by atoms with Crippen LogP contribution in [0.3, 0.4) is 0 Å². The summed E-state index contributed by atoms with van der Waals surface area (Å²) in [5.41, 5.74) is 0.914.